The second-order valence-corrected chi connectivity index (χ2v) is 3.92. The van der Waals surface area contributed by atoms with Crippen LogP contribution in [-0.4, -0.2) is 17.6 Å². The highest BCUT2D eigenvalue weighted by Gasteiger charge is 2.21. The Morgan fingerprint density at radius 2 is 2.00 bits per heavy atom. The van der Waals surface area contributed by atoms with Crippen LogP contribution in [0.3, 0.4) is 0 Å². The molecule has 15 heavy (non-hydrogen) atoms. The first-order chi connectivity index (χ1) is 7.18. The molecule has 0 aliphatic carbocycles. The van der Waals surface area contributed by atoms with Crippen molar-refractivity contribution in [3.63, 3.8) is 0 Å². The van der Waals surface area contributed by atoms with Crippen molar-refractivity contribution in [3.05, 3.63) is 29.8 Å². The number of anilines is 1. The van der Waals surface area contributed by atoms with Gasteiger partial charge in [-0.2, -0.15) is 0 Å². The smallest absolute Gasteiger partial charge is 0.227 e. The quantitative estimate of drug-likeness (QED) is 0.800. The van der Waals surface area contributed by atoms with Crippen molar-refractivity contribution < 1.29 is 9.90 Å². The second kappa shape index (κ2) is 4.03. The maximum Gasteiger partial charge on any atom is 0.227 e. The Labute approximate surface area is 89.3 Å². The van der Waals surface area contributed by atoms with E-state index in [4.69, 9.17) is 0 Å². The van der Waals surface area contributed by atoms with Gasteiger partial charge in [-0.1, -0.05) is 12.1 Å². The number of aliphatic hydroxyl groups is 1. The predicted octanol–water partition coefficient (Wildman–Crippen LogP) is 1.87. The van der Waals surface area contributed by atoms with Gasteiger partial charge in [-0.15, -0.1) is 0 Å². The lowest BCUT2D eigenvalue weighted by Gasteiger charge is -2.16. The standard InChI is InChI=1S/C12H15NO2/c1-9(14)10-4-6-11(7-5-10)13-8-2-3-12(13)15/h4-7,9,14H,2-3,8H2,1H3/t9-/m0/s1. The van der Waals surface area contributed by atoms with Gasteiger partial charge in [-0.3, -0.25) is 4.79 Å². The molecule has 1 saturated heterocycles. The normalized spacial score (nSPS) is 18.3. The molecule has 0 radical (unpaired) electrons. The van der Waals surface area contributed by atoms with Crippen molar-refractivity contribution in [2.75, 3.05) is 11.4 Å². The Morgan fingerprint density at radius 3 is 2.47 bits per heavy atom. The number of nitrogens with zero attached hydrogens (tertiary/aromatic N) is 1. The molecule has 0 bridgehead atoms. The summed E-state index contributed by atoms with van der Waals surface area (Å²) in [6.07, 6.45) is 1.14. The molecule has 1 aromatic carbocycles. The third-order valence-electron chi connectivity index (χ3n) is 2.76. The molecule has 80 valence electrons. The van der Waals surface area contributed by atoms with Crippen LogP contribution in [0.2, 0.25) is 0 Å². The topological polar surface area (TPSA) is 40.5 Å². The van der Waals surface area contributed by atoms with Crippen LogP contribution in [0.1, 0.15) is 31.4 Å². The minimum absolute atomic E-state index is 0.194. The molecule has 1 aromatic rings. The number of amides is 1. The molecule has 3 heteroatoms. The largest absolute Gasteiger partial charge is 0.389 e. The van der Waals surface area contributed by atoms with Crippen LogP contribution >= 0.6 is 0 Å². The van der Waals surface area contributed by atoms with E-state index in [1.54, 1.807) is 11.8 Å². The zero-order valence-corrected chi connectivity index (χ0v) is 8.81. The fourth-order valence-corrected chi connectivity index (χ4v) is 1.85. The lowest BCUT2D eigenvalue weighted by Crippen LogP contribution is -2.23. The summed E-state index contributed by atoms with van der Waals surface area (Å²) in [5.41, 5.74) is 1.81. The molecule has 1 aliphatic rings. The van der Waals surface area contributed by atoms with Crippen molar-refractivity contribution in [3.8, 4) is 0 Å². The zero-order valence-electron chi connectivity index (χ0n) is 8.81. The number of carbonyl (C=O) groups excluding carboxylic acids is 1. The summed E-state index contributed by atoms with van der Waals surface area (Å²) in [6, 6.07) is 7.52. The van der Waals surface area contributed by atoms with Crippen molar-refractivity contribution in [2.45, 2.75) is 25.9 Å². The third kappa shape index (κ3) is 2.02. The van der Waals surface area contributed by atoms with Crippen LogP contribution in [-0.2, 0) is 4.79 Å². The van der Waals surface area contributed by atoms with E-state index in [1.807, 2.05) is 24.3 Å². The molecular weight excluding hydrogens is 190 g/mol. The van der Waals surface area contributed by atoms with E-state index < -0.39 is 6.10 Å². The molecule has 2 rings (SSSR count). The highest BCUT2D eigenvalue weighted by atomic mass is 16.3. The molecule has 0 saturated carbocycles. The Kier molecular flexibility index (Phi) is 2.73. The van der Waals surface area contributed by atoms with Gasteiger partial charge in [-0.25, -0.2) is 0 Å². The highest BCUT2D eigenvalue weighted by molar-refractivity contribution is 5.95. The van der Waals surface area contributed by atoms with E-state index >= 15 is 0 Å². The summed E-state index contributed by atoms with van der Waals surface area (Å²) in [4.78, 5) is 13.3. The van der Waals surface area contributed by atoms with Crippen LogP contribution < -0.4 is 4.90 Å². The van der Waals surface area contributed by atoms with Gasteiger partial charge in [-0.05, 0) is 31.0 Å². The Morgan fingerprint density at radius 1 is 1.33 bits per heavy atom. The van der Waals surface area contributed by atoms with Gasteiger partial charge in [0.05, 0.1) is 6.10 Å². The summed E-state index contributed by atoms with van der Waals surface area (Å²) in [5.74, 6) is 0.194. The molecular formula is C12H15NO2. The molecule has 1 atom stereocenters. The van der Waals surface area contributed by atoms with Crippen LogP contribution in [0, 0.1) is 0 Å². The van der Waals surface area contributed by atoms with Crippen molar-refractivity contribution in [1.82, 2.24) is 0 Å². The first-order valence-electron chi connectivity index (χ1n) is 5.27. The van der Waals surface area contributed by atoms with Gasteiger partial charge in [0.15, 0.2) is 0 Å². The molecule has 1 heterocycles. The van der Waals surface area contributed by atoms with Crippen molar-refractivity contribution in [1.29, 1.82) is 0 Å². The number of aliphatic hydroxyl groups excluding tert-OH is 1. The van der Waals surface area contributed by atoms with Crippen LogP contribution in [0.4, 0.5) is 5.69 Å². The zero-order chi connectivity index (χ0) is 10.8. The summed E-state index contributed by atoms with van der Waals surface area (Å²) in [7, 11) is 0. The Bertz CT molecular complexity index is 356. The van der Waals surface area contributed by atoms with Crippen LogP contribution in [0.15, 0.2) is 24.3 Å². The van der Waals surface area contributed by atoms with Gasteiger partial charge in [0, 0.05) is 18.7 Å². The lowest BCUT2D eigenvalue weighted by molar-refractivity contribution is -0.117. The fraction of sp³-hybridized carbons (Fsp3) is 0.417. The molecule has 0 spiro atoms. The second-order valence-electron chi connectivity index (χ2n) is 3.92. The first kappa shape index (κ1) is 10.2. The summed E-state index contributed by atoms with van der Waals surface area (Å²) in [6.45, 7) is 2.54. The van der Waals surface area contributed by atoms with Crippen molar-refractivity contribution in [2.24, 2.45) is 0 Å². The van der Waals surface area contributed by atoms with Crippen LogP contribution in [0.25, 0.3) is 0 Å². The highest BCUT2D eigenvalue weighted by Crippen LogP contribution is 2.23. The van der Waals surface area contributed by atoms with Gasteiger partial charge < -0.3 is 10.0 Å². The van der Waals surface area contributed by atoms with Gasteiger partial charge in [0.1, 0.15) is 0 Å². The molecule has 3 nitrogen and oxygen atoms in total. The van der Waals surface area contributed by atoms with E-state index in [2.05, 4.69) is 0 Å². The summed E-state index contributed by atoms with van der Waals surface area (Å²) < 4.78 is 0. The maximum absolute atomic E-state index is 11.5. The monoisotopic (exact) mass is 205 g/mol. The summed E-state index contributed by atoms with van der Waals surface area (Å²) in [5, 5.41) is 9.35. The SMILES string of the molecule is C[C@H](O)c1ccc(N2CCCC2=O)cc1. The maximum atomic E-state index is 11.5. The van der Waals surface area contributed by atoms with E-state index in [0.29, 0.717) is 6.42 Å². The van der Waals surface area contributed by atoms with Gasteiger partial charge in [0.2, 0.25) is 5.91 Å². The minimum atomic E-state index is -0.451. The van der Waals surface area contributed by atoms with Crippen LogP contribution in [0.5, 0.6) is 0 Å². The minimum Gasteiger partial charge on any atom is -0.389 e. The molecule has 1 amide bonds. The average Bonchev–Trinajstić information content (AvgIpc) is 2.65. The van der Waals surface area contributed by atoms with E-state index in [-0.39, 0.29) is 5.91 Å². The molecule has 0 aromatic heterocycles. The molecule has 1 N–H and O–H groups in total. The fourth-order valence-electron chi connectivity index (χ4n) is 1.85. The third-order valence-corrected chi connectivity index (χ3v) is 2.76. The number of rotatable bonds is 2. The Balaban J connectivity index is 2.19. The van der Waals surface area contributed by atoms with Crippen molar-refractivity contribution >= 4 is 11.6 Å². The van der Waals surface area contributed by atoms with E-state index in [9.17, 15) is 9.90 Å². The average molecular weight is 205 g/mol. The molecule has 0 unspecified atom stereocenters. The predicted molar refractivity (Wildman–Crippen MR) is 58.7 cm³/mol. The molecule has 1 aliphatic heterocycles. The van der Waals surface area contributed by atoms with Gasteiger partial charge >= 0.3 is 0 Å². The van der Waals surface area contributed by atoms with Gasteiger partial charge in [0.25, 0.3) is 0 Å². The number of benzene rings is 1. The molecule has 1 fully saturated rings. The van der Waals surface area contributed by atoms with E-state index in [1.165, 1.54) is 0 Å². The lowest BCUT2D eigenvalue weighted by atomic mass is 10.1. The number of hydrogen-bond acceptors (Lipinski definition) is 2. The number of hydrogen-bond donors (Lipinski definition) is 1. The summed E-state index contributed by atoms with van der Waals surface area (Å²) >= 11 is 0. The first-order valence-corrected chi connectivity index (χ1v) is 5.27. The van der Waals surface area contributed by atoms with E-state index in [0.717, 1.165) is 24.2 Å². The Hall–Kier alpha value is -1.35. The number of carbonyl (C=O) groups is 1.